The van der Waals surface area contributed by atoms with Crippen LogP contribution >= 0.6 is 0 Å². The van der Waals surface area contributed by atoms with Gasteiger partial charge in [0.25, 0.3) is 0 Å². The fourth-order valence-electron chi connectivity index (χ4n) is 1.92. The molecule has 5 nitrogen and oxygen atoms in total. The van der Waals surface area contributed by atoms with Crippen molar-refractivity contribution in [2.45, 2.75) is 13.5 Å². The topological polar surface area (TPSA) is 71.6 Å². The summed E-state index contributed by atoms with van der Waals surface area (Å²) >= 11 is 0. The Morgan fingerprint density at radius 3 is 2.89 bits per heavy atom. The second kappa shape index (κ2) is 5.10. The zero-order valence-electron chi connectivity index (χ0n) is 10.3. The Hall–Kier alpha value is -2.01. The minimum absolute atomic E-state index is 0.142. The predicted molar refractivity (Wildman–Crippen MR) is 66.6 cm³/mol. The summed E-state index contributed by atoms with van der Waals surface area (Å²) in [5.41, 5.74) is 1.80. The summed E-state index contributed by atoms with van der Waals surface area (Å²) in [6.07, 6.45) is 0. The Morgan fingerprint density at radius 1 is 1.44 bits per heavy atom. The number of methoxy groups -OCH3 is 1. The van der Waals surface area contributed by atoms with E-state index >= 15 is 0 Å². The van der Waals surface area contributed by atoms with Crippen molar-refractivity contribution in [1.29, 1.82) is 0 Å². The van der Waals surface area contributed by atoms with Gasteiger partial charge >= 0.3 is 5.97 Å². The Labute approximate surface area is 104 Å². The van der Waals surface area contributed by atoms with E-state index < -0.39 is 5.97 Å². The van der Waals surface area contributed by atoms with Crippen molar-refractivity contribution in [2.75, 3.05) is 13.7 Å². The van der Waals surface area contributed by atoms with Gasteiger partial charge in [-0.05, 0) is 19.1 Å². The molecule has 18 heavy (non-hydrogen) atoms. The monoisotopic (exact) mass is 249 g/mol. The molecule has 1 aromatic carbocycles. The number of hydrogen-bond acceptors (Lipinski definition) is 4. The minimum atomic E-state index is -0.416. The molecule has 2 aromatic rings. The van der Waals surface area contributed by atoms with Crippen LogP contribution in [0.15, 0.2) is 18.2 Å². The van der Waals surface area contributed by atoms with Crippen LogP contribution in [0.1, 0.15) is 23.0 Å². The number of carbonyl (C=O) groups is 1. The number of phenols is 1. The summed E-state index contributed by atoms with van der Waals surface area (Å²) < 4.78 is 10.1. The zero-order chi connectivity index (χ0) is 13.1. The maximum Gasteiger partial charge on any atom is 0.355 e. The largest absolute Gasteiger partial charge is 0.508 e. The molecule has 1 heterocycles. The number of phenolic OH excluding ortho intramolecular Hbond substituents is 1. The van der Waals surface area contributed by atoms with Crippen molar-refractivity contribution in [2.24, 2.45) is 0 Å². The normalized spacial score (nSPS) is 10.8. The van der Waals surface area contributed by atoms with Crippen LogP contribution in [0.25, 0.3) is 10.9 Å². The molecule has 0 spiro atoms. The quantitative estimate of drug-likeness (QED) is 0.815. The Balaban J connectivity index is 2.56. The van der Waals surface area contributed by atoms with Crippen molar-refractivity contribution in [3.05, 3.63) is 29.5 Å². The maximum absolute atomic E-state index is 11.8. The van der Waals surface area contributed by atoms with Crippen LogP contribution < -0.4 is 0 Å². The van der Waals surface area contributed by atoms with Gasteiger partial charge in [-0.3, -0.25) is 0 Å². The maximum atomic E-state index is 11.8. The number of benzene rings is 1. The molecule has 0 amide bonds. The SMILES string of the molecule is CCOC(=O)c1[nH]c2cc(O)ccc2c1COC. The molecule has 2 N–H and O–H groups in total. The Kier molecular flexibility index (Phi) is 3.53. The highest BCUT2D eigenvalue weighted by molar-refractivity contribution is 5.98. The number of nitrogens with one attached hydrogen (secondary N) is 1. The highest BCUT2D eigenvalue weighted by Crippen LogP contribution is 2.26. The average molecular weight is 249 g/mol. The van der Waals surface area contributed by atoms with Crippen LogP contribution in [0.2, 0.25) is 0 Å². The van der Waals surface area contributed by atoms with E-state index in [2.05, 4.69) is 4.98 Å². The summed E-state index contributed by atoms with van der Waals surface area (Å²) in [6, 6.07) is 4.89. The summed E-state index contributed by atoms with van der Waals surface area (Å²) in [5, 5.41) is 10.3. The minimum Gasteiger partial charge on any atom is -0.508 e. The number of ether oxygens (including phenoxy) is 2. The zero-order valence-corrected chi connectivity index (χ0v) is 10.3. The number of hydrogen-bond donors (Lipinski definition) is 2. The van der Waals surface area contributed by atoms with E-state index in [-0.39, 0.29) is 5.75 Å². The van der Waals surface area contributed by atoms with Crippen molar-refractivity contribution < 1.29 is 19.4 Å². The van der Waals surface area contributed by atoms with Gasteiger partial charge in [0, 0.05) is 24.1 Å². The van der Waals surface area contributed by atoms with Crippen LogP contribution in [0.3, 0.4) is 0 Å². The number of H-pyrrole nitrogens is 1. The first kappa shape index (κ1) is 12.4. The molecule has 0 radical (unpaired) electrons. The first-order valence-electron chi connectivity index (χ1n) is 5.67. The van der Waals surface area contributed by atoms with Gasteiger partial charge in [-0.15, -0.1) is 0 Å². The lowest BCUT2D eigenvalue weighted by Crippen LogP contribution is -2.08. The number of carbonyl (C=O) groups excluding carboxylic acids is 1. The fourth-order valence-corrected chi connectivity index (χ4v) is 1.92. The molecule has 96 valence electrons. The van der Waals surface area contributed by atoms with Crippen LogP contribution in [0.4, 0.5) is 0 Å². The van der Waals surface area contributed by atoms with Crippen molar-refractivity contribution >= 4 is 16.9 Å². The molecule has 0 bridgehead atoms. The van der Waals surface area contributed by atoms with Gasteiger partial charge in [-0.1, -0.05) is 0 Å². The fraction of sp³-hybridized carbons (Fsp3) is 0.308. The molecule has 0 atom stereocenters. The standard InChI is InChI=1S/C13H15NO4/c1-3-18-13(16)12-10(7-17-2)9-5-4-8(15)6-11(9)14-12/h4-6,14-15H,3,7H2,1-2H3. The molecule has 0 aliphatic heterocycles. The smallest absolute Gasteiger partial charge is 0.355 e. The van der Waals surface area contributed by atoms with E-state index in [0.29, 0.717) is 24.4 Å². The van der Waals surface area contributed by atoms with Gasteiger partial charge in [0.05, 0.1) is 18.7 Å². The van der Waals surface area contributed by atoms with Gasteiger partial charge in [-0.2, -0.15) is 0 Å². The molecule has 0 aliphatic rings. The number of aromatic nitrogens is 1. The van der Waals surface area contributed by atoms with Crippen LogP contribution in [0, 0.1) is 0 Å². The lowest BCUT2D eigenvalue weighted by Gasteiger charge is -2.03. The first-order chi connectivity index (χ1) is 8.67. The second-order valence-corrected chi connectivity index (χ2v) is 3.86. The summed E-state index contributed by atoms with van der Waals surface area (Å²) in [4.78, 5) is 14.8. The van der Waals surface area contributed by atoms with Gasteiger partial charge < -0.3 is 19.6 Å². The number of fused-ring (bicyclic) bond motifs is 1. The van der Waals surface area contributed by atoms with Crippen molar-refractivity contribution in [1.82, 2.24) is 4.98 Å². The second-order valence-electron chi connectivity index (χ2n) is 3.86. The highest BCUT2D eigenvalue weighted by atomic mass is 16.5. The molecular formula is C13H15NO4. The van der Waals surface area contributed by atoms with Gasteiger partial charge in [0.2, 0.25) is 0 Å². The highest BCUT2D eigenvalue weighted by Gasteiger charge is 2.18. The molecule has 5 heteroatoms. The summed E-state index contributed by atoms with van der Waals surface area (Å²) in [6.45, 7) is 2.37. The summed E-state index contributed by atoms with van der Waals surface area (Å²) in [5.74, 6) is -0.275. The number of aromatic amines is 1. The third-order valence-electron chi connectivity index (χ3n) is 2.66. The third-order valence-corrected chi connectivity index (χ3v) is 2.66. The predicted octanol–water partition coefficient (Wildman–Crippen LogP) is 2.20. The van der Waals surface area contributed by atoms with E-state index in [9.17, 15) is 9.90 Å². The average Bonchev–Trinajstić information content (AvgIpc) is 2.68. The summed E-state index contributed by atoms with van der Waals surface area (Å²) in [7, 11) is 1.56. The van der Waals surface area contributed by atoms with E-state index in [1.165, 1.54) is 0 Å². The molecule has 0 saturated carbocycles. The Morgan fingerprint density at radius 2 is 2.22 bits per heavy atom. The first-order valence-corrected chi connectivity index (χ1v) is 5.67. The van der Waals surface area contributed by atoms with E-state index in [1.807, 2.05) is 0 Å². The number of esters is 1. The molecular weight excluding hydrogens is 234 g/mol. The van der Waals surface area contributed by atoms with Gasteiger partial charge in [-0.25, -0.2) is 4.79 Å². The molecule has 0 aliphatic carbocycles. The molecule has 0 saturated heterocycles. The lowest BCUT2D eigenvalue weighted by molar-refractivity contribution is 0.0516. The van der Waals surface area contributed by atoms with Crippen LogP contribution in [0.5, 0.6) is 5.75 Å². The van der Waals surface area contributed by atoms with Crippen molar-refractivity contribution in [3.63, 3.8) is 0 Å². The lowest BCUT2D eigenvalue weighted by atomic mass is 10.1. The van der Waals surface area contributed by atoms with Gasteiger partial charge in [0.1, 0.15) is 11.4 Å². The van der Waals surface area contributed by atoms with Crippen molar-refractivity contribution in [3.8, 4) is 5.75 Å². The molecule has 0 unspecified atom stereocenters. The van der Waals surface area contributed by atoms with Crippen LogP contribution in [-0.2, 0) is 16.1 Å². The molecule has 2 rings (SSSR count). The van der Waals surface area contributed by atoms with E-state index in [1.54, 1.807) is 32.2 Å². The number of rotatable bonds is 4. The third kappa shape index (κ3) is 2.17. The van der Waals surface area contributed by atoms with Gasteiger partial charge in [0.15, 0.2) is 0 Å². The van der Waals surface area contributed by atoms with Crippen LogP contribution in [-0.4, -0.2) is 29.8 Å². The molecule has 0 fully saturated rings. The molecule has 1 aromatic heterocycles. The van der Waals surface area contributed by atoms with E-state index in [4.69, 9.17) is 9.47 Å². The number of aromatic hydroxyl groups is 1. The Bertz CT molecular complexity index is 574. The van der Waals surface area contributed by atoms with E-state index in [0.717, 1.165) is 10.9 Å².